The van der Waals surface area contributed by atoms with Crippen molar-refractivity contribution in [3.63, 3.8) is 0 Å². The predicted molar refractivity (Wildman–Crippen MR) is 69.8 cm³/mol. The van der Waals surface area contributed by atoms with Crippen molar-refractivity contribution in [1.82, 2.24) is 15.0 Å². The lowest BCUT2D eigenvalue weighted by Gasteiger charge is -2.32. The van der Waals surface area contributed by atoms with E-state index in [1.165, 1.54) is 6.26 Å². The van der Waals surface area contributed by atoms with E-state index in [0.717, 1.165) is 0 Å². The normalized spacial score (nSPS) is 12.0. The second kappa shape index (κ2) is 5.46. The molecule has 2 rings (SSSR count). The number of aliphatic carboxylic acids is 1. The van der Waals surface area contributed by atoms with Crippen molar-refractivity contribution in [1.29, 1.82) is 0 Å². The minimum atomic E-state index is -1.01. The van der Waals surface area contributed by atoms with Crippen molar-refractivity contribution in [2.45, 2.75) is 32.9 Å². The van der Waals surface area contributed by atoms with Gasteiger partial charge >= 0.3 is 5.97 Å². The summed E-state index contributed by atoms with van der Waals surface area (Å²) in [6.07, 6.45) is 1.53. The van der Waals surface area contributed by atoms with Gasteiger partial charge in [0.25, 0.3) is 0 Å². The summed E-state index contributed by atoms with van der Waals surface area (Å²) >= 11 is 0. The number of rotatable bonds is 6. The molecule has 0 aliphatic carbocycles. The first-order valence-corrected chi connectivity index (χ1v) is 6.30. The second-order valence-electron chi connectivity index (χ2n) is 4.87. The minimum Gasteiger partial charge on any atom is -0.480 e. The lowest BCUT2D eigenvalue weighted by molar-refractivity contribution is -0.149. The number of nitrogens with zero attached hydrogens (tertiary/aromatic N) is 3. The van der Waals surface area contributed by atoms with Crippen LogP contribution in [0, 0.1) is 0 Å². The summed E-state index contributed by atoms with van der Waals surface area (Å²) in [5, 5.41) is 13.1. The third kappa shape index (κ3) is 2.72. The van der Waals surface area contributed by atoms with E-state index in [9.17, 15) is 9.90 Å². The molecule has 2 aromatic rings. The van der Waals surface area contributed by atoms with E-state index < -0.39 is 11.5 Å². The summed E-state index contributed by atoms with van der Waals surface area (Å²) in [4.78, 5) is 17.2. The van der Waals surface area contributed by atoms with E-state index in [1.54, 1.807) is 30.9 Å². The van der Waals surface area contributed by atoms with Crippen molar-refractivity contribution in [3.05, 3.63) is 24.3 Å². The number of hydrogen-bond donors (Lipinski definition) is 1. The first-order chi connectivity index (χ1) is 9.45. The summed E-state index contributed by atoms with van der Waals surface area (Å²) in [6.45, 7) is 5.99. The van der Waals surface area contributed by atoms with Crippen LogP contribution in [0.3, 0.4) is 0 Å². The topological polar surface area (TPSA) is 92.6 Å². The summed E-state index contributed by atoms with van der Waals surface area (Å²) in [5.74, 6) is 0.326. The van der Waals surface area contributed by atoms with E-state index in [1.807, 2.05) is 6.92 Å². The van der Waals surface area contributed by atoms with Crippen LogP contribution in [0.5, 0.6) is 0 Å². The molecule has 0 amide bonds. The van der Waals surface area contributed by atoms with Gasteiger partial charge in [-0.1, -0.05) is 12.1 Å². The van der Waals surface area contributed by atoms with Crippen LogP contribution in [0.2, 0.25) is 0 Å². The molecule has 20 heavy (non-hydrogen) atoms. The molecule has 0 atom stereocenters. The third-order valence-corrected chi connectivity index (χ3v) is 3.23. The molecular formula is C13H17N3O4. The van der Waals surface area contributed by atoms with Crippen molar-refractivity contribution in [2.75, 3.05) is 6.54 Å². The molecule has 2 aromatic heterocycles. The number of likely N-dealkylation sites (N-methyl/N-ethyl adjacent to an activating group) is 1. The minimum absolute atomic E-state index is 0.267. The molecule has 0 saturated heterocycles. The maximum absolute atomic E-state index is 11.3. The molecule has 0 bridgehead atoms. The second-order valence-corrected chi connectivity index (χ2v) is 4.87. The molecule has 0 aromatic carbocycles. The Bertz CT molecular complexity index is 574. The van der Waals surface area contributed by atoms with Gasteiger partial charge in [-0.15, -0.1) is 0 Å². The van der Waals surface area contributed by atoms with E-state index in [2.05, 4.69) is 10.1 Å². The number of hydrogen-bond acceptors (Lipinski definition) is 6. The van der Waals surface area contributed by atoms with Gasteiger partial charge in [0.05, 0.1) is 12.8 Å². The fourth-order valence-corrected chi connectivity index (χ4v) is 1.83. The van der Waals surface area contributed by atoms with Crippen LogP contribution in [0.4, 0.5) is 0 Å². The Hall–Kier alpha value is -2.15. The molecule has 0 saturated carbocycles. The molecule has 0 radical (unpaired) electrons. The SMILES string of the molecule is CCN(Cc1nc(-c2ccco2)no1)C(C)(C)C(=O)O. The molecule has 0 spiro atoms. The maximum atomic E-state index is 11.3. The first-order valence-electron chi connectivity index (χ1n) is 6.30. The predicted octanol–water partition coefficient (Wildman–Crippen LogP) is 2.01. The Morgan fingerprint density at radius 3 is 2.80 bits per heavy atom. The van der Waals surface area contributed by atoms with Gasteiger partial charge in [-0.05, 0) is 32.5 Å². The fraction of sp³-hybridized carbons (Fsp3) is 0.462. The average molecular weight is 279 g/mol. The number of furan rings is 1. The van der Waals surface area contributed by atoms with Gasteiger partial charge in [0.15, 0.2) is 5.76 Å². The molecule has 0 aliphatic heterocycles. The highest BCUT2D eigenvalue weighted by atomic mass is 16.5. The standard InChI is InChI=1S/C13H17N3O4/c1-4-16(13(2,3)12(17)18)8-10-14-11(15-20-10)9-6-5-7-19-9/h5-7H,4,8H2,1-3H3,(H,17,18). The summed E-state index contributed by atoms with van der Waals surface area (Å²) in [7, 11) is 0. The van der Waals surface area contributed by atoms with Crippen molar-refractivity contribution in [3.8, 4) is 11.6 Å². The smallest absolute Gasteiger partial charge is 0.323 e. The maximum Gasteiger partial charge on any atom is 0.323 e. The van der Waals surface area contributed by atoms with Crippen LogP contribution in [0.15, 0.2) is 27.3 Å². The Morgan fingerprint density at radius 1 is 1.50 bits per heavy atom. The molecule has 0 unspecified atom stereocenters. The highest BCUT2D eigenvalue weighted by Crippen LogP contribution is 2.20. The van der Waals surface area contributed by atoms with Gasteiger partial charge in [0.2, 0.25) is 11.7 Å². The van der Waals surface area contributed by atoms with Crippen LogP contribution in [0.1, 0.15) is 26.7 Å². The van der Waals surface area contributed by atoms with Crippen LogP contribution < -0.4 is 0 Å². The monoisotopic (exact) mass is 279 g/mol. The molecule has 1 N–H and O–H groups in total. The Balaban J connectivity index is 2.15. The molecule has 0 fully saturated rings. The van der Waals surface area contributed by atoms with Gasteiger partial charge in [-0.2, -0.15) is 4.98 Å². The first kappa shape index (κ1) is 14.3. The zero-order valence-corrected chi connectivity index (χ0v) is 11.7. The van der Waals surface area contributed by atoms with Gasteiger partial charge < -0.3 is 14.0 Å². The van der Waals surface area contributed by atoms with Crippen LogP contribution in [-0.2, 0) is 11.3 Å². The van der Waals surface area contributed by atoms with Crippen molar-refractivity contribution >= 4 is 5.97 Å². The lowest BCUT2D eigenvalue weighted by atomic mass is 10.0. The van der Waals surface area contributed by atoms with Gasteiger partial charge in [0, 0.05) is 0 Å². The van der Waals surface area contributed by atoms with E-state index in [0.29, 0.717) is 24.0 Å². The van der Waals surface area contributed by atoms with Gasteiger partial charge in [-0.3, -0.25) is 9.69 Å². The number of aromatic nitrogens is 2. The largest absolute Gasteiger partial charge is 0.480 e. The molecule has 7 nitrogen and oxygen atoms in total. The average Bonchev–Trinajstić information content (AvgIpc) is 3.06. The van der Waals surface area contributed by atoms with Gasteiger partial charge in [-0.25, -0.2) is 0 Å². The number of carboxylic acid groups (broad SMARTS) is 1. The Labute approximate surface area is 116 Å². The van der Waals surface area contributed by atoms with Crippen molar-refractivity contribution in [2.24, 2.45) is 0 Å². The molecule has 0 aliphatic rings. The molecule has 7 heteroatoms. The van der Waals surface area contributed by atoms with Crippen LogP contribution in [0.25, 0.3) is 11.6 Å². The zero-order chi connectivity index (χ0) is 14.8. The summed E-state index contributed by atoms with van der Waals surface area (Å²) in [5.41, 5.74) is -1.01. The fourth-order valence-electron chi connectivity index (χ4n) is 1.83. The highest BCUT2D eigenvalue weighted by molar-refractivity contribution is 5.77. The lowest BCUT2D eigenvalue weighted by Crippen LogP contribution is -2.49. The highest BCUT2D eigenvalue weighted by Gasteiger charge is 2.34. The molecule has 2 heterocycles. The quantitative estimate of drug-likeness (QED) is 0.864. The van der Waals surface area contributed by atoms with E-state index in [4.69, 9.17) is 8.94 Å². The molecule has 108 valence electrons. The molecular weight excluding hydrogens is 262 g/mol. The van der Waals surface area contributed by atoms with Crippen LogP contribution >= 0.6 is 0 Å². The van der Waals surface area contributed by atoms with E-state index >= 15 is 0 Å². The number of carbonyl (C=O) groups is 1. The Kier molecular flexibility index (Phi) is 3.89. The van der Waals surface area contributed by atoms with Gasteiger partial charge in [0.1, 0.15) is 5.54 Å². The van der Waals surface area contributed by atoms with Crippen LogP contribution in [-0.4, -0.2) is 38.2 Å². The Morgan fingerprint density at radius 2 is 2.25 bits per heavy atom. The van der Waals surface area contributed by atoms with Crippen molar-refractivity contribution < 1.29 is 18.8 Å². The number of carboxylic acids is 1. The summed E-state index contributed by atoms with van der Waals surface area (Å²) < 4.78 is 10.3. The van der Waals surface area contributed by atoms with E-state index in [-0.39, 0.29) is 6.54 Å². The summed E-state index contributed by atoms with van der Waals surface area (Å²) in [6, 6.07) is 3.46. The third-order valence-electron chi connectivity index (χ3n) is 3.23. The zero-order valence-electron chi connectivity index (χ0n) is 11.7.